The molecule has 0 saturated carbocycles. The fourth-order valence-electron chi connectivity index (χ4n) is 21.2. The molecule has 0 fully saturated rings. The van der Waals surface area contributed by atoms with E-state index in [9.17, 15) is 0 Å². The third kappa shape index (κ3) is 17.2. The number of benzene rings is 15. The van der Waals surface area contributed by atoms with Gasteiger partial charge in [0.2, 0.25) is 0 Å². The largest absolute Gasteiger partial charge is 0.308 e. The standard InChI is InChI=1S/3C33H21N.15C2H6/c1-4-10-23-20(8-1)17-29-25(23)13-14-26-31-28-16-19-7-2-5-11-24(19)27(28)18-22-15-21-9-3-6-12-30(21)34(32(22)31)33(26)29;1-4-10-24-20(8-1)16-23-18-27-26-14-13-22-15-19-7-2-5-11-25(19)31(22)33(26)34-29-12-6-3-9-21(29)17-28(30(23)24)32(27)34;1-4-10-23-20(8-1)16-26-27(23)18-29-25-14-13-22-15-19-7-2-5-11-24(19)31(22)33(25)34-30-12-6-3-9-21(30)17-28(26)32(29)34;15*1-2/h3*1-14,18H,15-17H2;15*1-2H3. The van der Waals surface area contributed by atoms with Crippen LogP contribution < -0.4 is 0 Å². The maximum Gasteiger partial charge on any atom is 0.0622 e. The van der Waals surface area contributed by atoms with E-state index >= 15 is 0 Å². The van der Waals surface area contributed by atoms with Gasteiger partial charge in [-0.25, -0.2) is 0 Å². The minimum absolute atomic E-state index is 0.999. The summed E-state index contributed by atoms with van der Waals surface area (Å²) in [6.07, 6.45) is 9.19. The molecule has 0 unspecified atom stereocenters. The van der Waals surface area contributed by atoms with Crippen molar-refractivity contribution in [2.75, 3.05) is 0 Å². The Kier molecular flexibility index (Phi) is 36.8. The summed E-state index contributed by atoms with van der Waals surface area (Å²) in [5.41, 5.74) is 56.1. The third-order valence-electron chi connectivity index (χ3n) is 25.3. The first-order valence-electron chi connectivity index (χ1n) is 51.8. The highest BCUT2D eigenvalue weighted by molar-refractivity contribution is 6.21. The van der Waals surface area contributed by atoms with Crippen molar-refractivity contribution in [3.8, 4) is 83.8 Å². The predicted octanol–water partition coefficient (Wildman–Crippen LogP) is 38.9. The van der Waals surface area contributed by atoms with Crippen LogP contribution in [0.15, 0.2) is 273 Å². The Morgan fingerprint density at radius 3 is 0.856 bits per heavy atom. The molecule has 6 heterocycles. The summed E-state index contributed by atoms with van der Waals surface area (Å²) in [5, 5.41) is 8.49. The Balaban J connectivity index is 0.000000180. The van der Waals surface area contributed by atoms with Gasteiger partial charge in [-0.2, -0.15) is 0 Å². The lowest BCUT2D eigenvalue weighted by Crippen LogP contribution is -2.10. The summed E-state index contributed by atoms with van der Waals surface area (Å²) in [6, 6.07) is 103. The smallest absolute Gasteiger partial charge is 0.0622 e. The van der Waals surface area contributed by atoms with E-state index in [4.69, 9.17) is 0 Å². The second-order valence-electron chi connectivity index (χ2n) is 30.3. The Labute approximate surface area is 796 Å². The van der Waals surface area contributed by atoms with Gasteiger partial charge in [0.05, 0.1) is 33.1 Å². The molecule has 9 aliphatic rings. The first-order valence-corrected chi connectivity index (χ1v) is 51.8. The number of hydrogen-bond acceptors (Lipinski definition) is 0. The monoisotopic (exact) mass is 1740 g/mol. The van der Waals surface area contributed by atoms with Crippen LogP contribution in [0.25, 0.3) is 149 Å². The third-order valence-corrected chi connectivity index (χ3v) is 25.3. The maximum absolute atomic E-state index is 2.62. The van der Waals surface area contributed by atoms with Gasteiger partial charge >= 0.3 is 0 Å². The second-order valence-corrected chi connectivity index (χ2v) is 30.3. The van der Waals surface area contributed by atoms with Crippen LogP contribution in [-0.4, -0.2) is 13.7 Å². The van der Waals surface area contributed by atoms with E-state index in [2.05, 4.69) is 287 Å². The lowest BCUT2D eigenvalue weighted by Gasteiger charge is -2.23. The van der Waals surface area contributed by atoms with E-state index in [-0.39, 0.29) is 0 Å². The lowest BCUT2D eigenvalue weighted by molar-refractivity contribution is 1.02. The fraction of sp³-hybridized carbons (Fsp3) is 0.302. The van der Waals surface area contributed by atoms with E-state index in [0.29, 0.717) is 0 Å². The number of fused-ring (bicyclic) bond motifs is 39. The van der Waals surface area contributed by atoms with Crippen LogP contribution in [0.5, 0.6) is 0 Å². The minimum atomic E-state index is 0.999. The van der Waals surface area contributed by atoms with Crippen molar-refractivity contribution in [3.63, 3.8) is 0 Å². The summed E-state index contributed by atoms with van der Waals surface area (Å²) in [7, 11) is 0. The highest BCUT2D eigenvalue weighted by Gasteiger charge is 2.38. The van der Waals surface area contributed by atoms with E-state index < -0.39 is 0 Å². The van der Waals surface area contributed by atoms with Gasteiger partial charge in [0.25, 0.3) is 0 Å². The van der Waals surface area contributed by atoms with E-state index in [1.54, 1.807) is 0 Å². The molecule has 3 heteroatoms. The van der Waals surface area contributed by atoms with Crippen molar-refractivity contribution in [2.24, 2.45) is 0 Å². The van der Waals surface area contributed by atoms with Crippen LogP contribution in [0.1, 0.15) is 308 Å². The van der Waals surface area contributed by atoms with Crippen molar-refractivity contribution < 1.29 is 0 Å². The summed E-state index contributed by atoms with van der Waals surface area (Å²) in [6.45, 7) is 60.0. The van der Waals surface area contributed by atoms with Crippen LogP contribution in [0.3, 0.4) is 0 Å². The minimum Gasteiger partial charge on any atom is -0.308 e. The van der Waals surface area contributed by atoms with Crippen molar-refractivity contribution >= 4 is 65.4 Å². The average molecular weight is 1750 g/mol. The first kappa shape index (κ1) is 102. The van der Waals surface area contributed by atoms with E-state index in [1.165, 1.54) is 249 Å². The second kappa shape index (κ2) is 47.7. The molecule has 3 aliphatic heterocycles. The molecule has 18 aromatic rings. The Morgan fingerprint density at radius 1 is 0.144 bits per heavy atom. The van der Waals surface area contributed by atoms with Gasteiger partial charge in [0.1, 0.15) is 0 Å². The van der Waals surface area contributed by atoms with Gasteiger partial charge < -0.3 is 13.7 Å². The van der Waals surface area contributed by atoms with Crippen LogP contribution in [0, 0.1) is 0 Å². The van der Waals surface area contributed by atoms with Gasteiger partial charge in [0, 0.05) is 86.2 Å². The SMILES string of the molecule is CC.CC.CC.CC.CC.CC.CC.CC.CC.CC.CC.CC.CC.CC.CC.c1ccc2c(c1)Cc1c-2cc2c3c1c1ccc4c(c1n3-c1ccccc1C2)Cc1ccccc1-4.c1ccc2c(c1)Cc1c-2cc2c3ccc4c(c3n3c2c1Cc1ccccc1-3)-c1ccccc1C4.c1ccc2c(c1)Cc1cc3c4ccc5c(c4n4c3c(c1-2)Cc1ccccc1-4)-c1ccccc1C5. The molecular weight excluding hydrogens is 1590 g/mol. The summed E-state index contributed by atoms with van der Waals surface area (Å²) in [5.74, 6) is 0. The molecule has 0 bridgehead atoms. The van der Waals surface area contributed by atoms with E-state index in [0.717, 1.165) is 57.8 Å². The molecule has 3 aromatic heterocycles. The molecule has 15 aromatic carbocycles. The molecule has 0 spiro atoms. The number of rotatable bonds is 0. The van der Waals surface area contributed by atoms with Gasteiger partial charge in [0.15, 0.2) is 0 Å². The molecule has 132 heavy (non-hydrogen) atoms. The molecule has 684 valence electrons. The Bertz CT molecular complexity index is 6910. The van der Waals surface area contributed by atoms with Crippen LogP contribution in [0.4, 0.5) is 0 Å². The van der Waals surface area contributed by atoms with Gasteiger partial charge in [-0.05, 0) is 224 Å². The molecule has 0 radical (unpaired) electrons. The van der Waals surface area contributed by atoms with Crippen LogP contribution in [0.2, 0.25) is 0 Å². The normalized spacial score (nSPS) is 11.6. The number of nitrogens with zero attached hydrogens (tertiary/aromatic N) is 3. The van der Waals surface area contributed by atoms with Gasteiger partial charge in [-0.1, -0.05) is 444 Å². The number of hydrogen-bond donors (Lipinski definition) is 0. The molecular formula is C129H153N3. The molecule has 0 N–H and O–H groups in total. The van der Waals surface area contributed by atoms with Crippen molar-refractivity contribution in [3.05, 3.63) is 373 Å². The molecule has 27 rings (SSSR count). The summed E-state index contributed by atoms with van der Waals surface area (Å²) < 4.78 is 7.84. The highest BCUT2D eigenvalue weighted by atomic mass is 15.0. The number of para-hydroxylation sites is 3. The lowest BCUT2D eigenvalue weighted by atomic mass is 9.89. The quantitative estimate of drug-likeness (QED) is 0.144. The first-order chi connectivity index (χ1) is 65.6. The number of aromatic nitrogens is 3. The van der Waals surface area contributed by atoms with Crippen molar-refractivity contribution in [1.29, 1.82) is 0 Å². The zero-order chi connectivity index (χ0) is 95.9. The average Bonchev–Trinajstić information content (AvgIpc) is 1.53. The molecule has 3 nitrogen and oxygen atoms in total. The molecule has 6 aliphatic carbocycles. The Morgan fingerprint density at radius 2 is 0.424 bits per heavy atom. The zero-order valence-corrected chi connectivity index (χ0v) is 86.2. The van der Waals surface area contributed by atoms with Crippen LogP contribution >= 0.6 is 0 Å². The molecule has 0 saturated heterocycles. The topological polar surface area (TPSA) is 14.8 Å². The Hall–Kier alpha value is -12.3. The highest BCUT2D eigenvalue weighted by Crippen LogP contribution is 2.57. The molecule has 0 amide bonds. The summed E-state index contributed by atoms with van der Waals surface area (Å²) in [4.78, 5) is 0. The fourth-order valence-corrected chi connectivity index (χ4v) is 21.2. The van der Waals surface area contributed by atoms with Crippen molar-refractivity contribution in [2.45, 2.75) is 265 Å². The van der Waals surface area contributed by atoms with Crippen molar-refractivity contribution in [1.82, 2.24) is 13.7 Å². The zero-order valence-electron chi connectivity index (χ0n) is 86.2. The van der Waals surface area contributed by atoms with Gasteiger partial charge in [-0.15, -0.1) is 0 Å². The maximum atomic E-state index is 2.62. The molecule has 0 atom stereocenters. The van der Waals surface area contributed by atoms with Crippen LogP contribution in [-0.2, 0) is 57.8 Å². The van der Waals surface area contributed by atoms with Gasteiger partial charge in [-0.3, -0.25) is 0 Å². The van der Waals surface area contributed by atoms with E-state index in [1.807, 2.05) is 208 Å². The summed E-state index contributed by atoms with van der Waals surface area (Å²) >= 11 is 0. The predicted molar refractivity (Wildman–Crippen MR) is 590 cm³/mol.